The number of rotatable bonds is 3. The van der Waals surface area contributed by atoms with Gasteiger partial charge in [-0.1, -0.05) is 0 Å². The molecule has 0 aliphatic rings. The third-order valence-corrected chi connectivity index (χ3v) is 2.50. The minimum atomic E-state index is -0.245. The summed E-state index contributed by atoms with van der Waals surface area (Å²) >= 11 is 0. The van der Waals surface area contributed by atoms with Gasteiger partial charge in [0.25, 0.3) is 0 Å². The molecule has 0 atom stereocenters. The van der Waals surface area contributed by atoms with Gasteiger partial charge in [-0.3, -0.25) is 0 Å². The van der Waals surface area contributed by atoms with Gasteiger partial charge in [0.1, 0.15) is 11.6 Å². The molecule has 0 saturated heterocycles. The van der Waals surface area contributed by atoms with E-state index in [0.29, 0.717) is 5.69 Å². The van der Waals surface area contributed by atoms with Gasteiger partial charge in [0, 0.05) is 30.2 Å². The molecule has 0 saturated carbocycles. The Morgan fingerprint density at radius 2 is 1.94 bits per heavy atom. The maximum atomic E-state index is 12.9. The topological polar surface area (TPSA) is 42.1 Å². The van der Waals surface area contributed by atoms with Crippen molar-refractivity contribution in [3.05, 3.63) is 48.4 Å². The normalized spacial score (nSPS) is 10.2. The molecule has 17 heavy (non-hydrogen) atoms. The lowest BCUT2D eigenvalue weighted by Gasteiger charge is -2.22. The van der Waals surface area contributed by atoms with E-state index in [9.17, 15) is 4.39 Å². The Kier molecular flexibility index (Phi) is 3.23. The van der Waals surface area contributed by atoms with Crippen LogP contribution in [0.3, 0.4) is 0 Å². The van der Waals surface area contributed by atoms with Crippen LogP contribution in [0.25, 0.3) is 0 Å². The standard InChI is InChI=1S/C13H14FN3/c1-2-17(12-5-3-10(14)4-6-12)13-9-11(15)7-8-16-13/h3-9H,2H2,1H3,(H2,15,16). The lowest BCUT2D eigenvalue weighted by Crippen LogP contribution is -2.17. The Hall–Kier alpha value is -2.10. The highest BCUT2D eigenvalue weighted by atomic mass is 19.1. The molecular weight excluding hydrogens is 217 g/mol. The van der Waals surface area contributed by atoms with E-state index in [1.54, 1.807) is 30.5 Å². The monoisotopic (exact) mass is 231 g/mol. The van der Waals surface area contributed by atoms with Crippen molar-refractivity contribution in [2.45, 2.75) is 6.92 Å². The molecule has 2 N–H and O–H groups in total. The molecule has 0 unspecified atom stereocenters. The van der Waals surface area contributed by atoms with Gasteiger partial charge in [-0.2, -0.15) is 0 Å². The van der Waals surface area contributed by atoms with Gasteiger partial charge in [0.05, 0.1) is 0 Å². The Morgan fingerprint density at radius 3 is 2.53 bits per heavy atom. The quantitative estimate of drug-likeness (QED) is 0.883. The van der Waals surface area contributed by atoms with E-state index in [4.69, 9.17) is 5.73 Å². The van der Waals surface area contributed by atoms with Crippen LogP contribution in [0.15, 0.2) is 42.6 Å². The molecule has 1 aromatic carbocycles. The third-order valence-electron chi connectivity index (χ3n) is 2.50. The first kappa shape index (κ1) is 11.4. The summed E-state index contributed by atoms with van der Waals surface area (Å²) < 4.78 is 12.9. The fraction of sp³-hybridized carbons (Fsp3) is 0.154. The summed E-state index contributed by atoms with van der Waals surface area (Å²) in [5.74, 6) is 0.518. The largest absolute Gasteiger partial charge is 0.399 e. The van der Waals surface area contributed by atoms with Crippen molar-refractivity contribution in [1.82, 2.24) is 4.98 Å². The minimum absolute atomic E-state index is 0.245. The van der Waals surface area contributed by atoms with Crippen molar-refractivity contribution < 1.29 is 4.39 Å². The second-order valence-corrected chi connectivity index (χ2v) is 3.67. The molecule has 0 bridgehead atoms. The molecule has 0 fully saturated rings. The predicted molar refractivity (Wildman–Crippen MR) is 67.7 cm³/mol. The number of pyridine rings is 1. The zero-order valence-electron chi connectivity index (χ0n) is 9.60. The van der Waals surface area contributed by atoms with E-state index in [1.807, 2.05) is 11.8 Å². The van der Waals surface area contributed by atoms with Crippen LogP contribution in [0.4, 0.5) is 21.6 Å². The highest BCUT2D eigenvalue weighted by molar-refractivity contribution is 5.62. The van der Waals surface area contributed by atoms with Crippen LogP contribution < -0.4 is 10.6 Å². The van der Waals surface area contributed by atoms with Crippen LogP contribution >= 0.6 is 0 Å². The summed E-state index contributed by atoms with van der Waals surface area (Å²) in [5.41, 5.74) is 7.28. The summed E-state index contributed by atoms with van der Waals surface area (Å²) in [6.07, 6.45) is 1.66. The molecule has 2 rings (SSSR count). The van der Waals surface area contributed by atoms with Crippen molar-refractivity contribution >= 4 is 17.2 Å². The van der Waals surface area contributed by atoms with E-state index in [1.165, 1.54) is 12.1 Å². The minimum Gasteiger partial charge on any atom is -0.399 e. The van der Waals surface area contributed by atoms with E-state index < -0.39 is 0 Å². The maximum Gasteiger partial charge on any atom is 0.134 e. The number of hydrogen-bond donors (Lipinski definition) is 1. The number of benzene rings is 1. The molecule has 0 amide bonds. The Morgan fingerprint density at radius 1 is 1.24 bits per heavy atom. The van der Waals surface area contributed by atoms with E-state index in [2.05, 4.69) is 4.98 Å². The van der Waals surface area contributed by atoms with Crippen molar-refractivity contribution in [2.24, 2.45) is 0 Å². The van der Waals surface area contributed by atoms with Crippen molar-refractivity contribution in [3.8, 4) is 0 Å². The van der Waals surface area contributed by atoms with E-state index in [0.717, 1.165) is 18.1 Å². The Bertz CT molecular complexity index is 496. The zero-order valence-corrected chi connectivity index (χ0v) is 9.60. The molecule has 1 aromatic heterocycles. The SMILES string of the molecule is CCN(c1ccc(F)cc1)c1cc(N)ccn1. The summed E-state index contributed by atoms with van der Waals surface area (Å²) in [6, 6.07) is 9.86. The first-order valence-electron chi connectivity index (χ1n) is 5.45. The molecule has 2 aromatic rings. The Labute approximate surface area is 99.7 Å². The molecule has 0 aliphatic heterocycles. The number of halogens is 1. The number of anilines is 3. The van der Waals surface area contributed by atoms with E-state index in [-0.39, 0.29) is 5.82 Å². The van der Waals surface area contributed by atoms with Gasteiger partial charge in [-0.25, -0.2) is 9.37 Å². The van der Waals surface area contributed by atoms with Crippen molar-refractivity contribution in [1.29, 1.82) is 0 Å². The first-order chi connectivity index (χ1) is 8.20. The average molecular weight is 231 g/mol. The predicted octanol–water partition coefficient (Wildman–Crippen LogP) is 2.96. The third kappa shape index (κ3) is 2.53. The smallest absolute Gasteiger partial charge is 0.134 e. The second-order valence-electron chi connectivity index (χ2n) is 3.67. The first-order valence-corrected chi connectivity index (χ1v) is 5.45. The molecule has 88 valence electrons. The van der Waals surface area contributed by atoms with E-state index >= 15 is 0 Å². The summed E-state index contributed by atoms with van der Waals surface area (Å²) in [7, 11) is 0. The maximum absolute atomic E-state index is 12.9. The molecule has 3 nitrogen and oxygen atoms in total. The van der Waals surface area contributed by atoms with Crippen LogP contribution in [0.2, 0.25) is 0 Å². The number of nitrogens with two attached hydrogens (primary N) is 1. The molecule has 1 heterocycles. The fourth-order valence-electron chi connectivity index (χ4n) is 1.68. The summed E-state index contributed by atoms with van der Waals surface area (Å²) in [5, 5.41) is 0. The van der Waals surface area contributed by atoms with Gasteiger partial charge < -0.3 is 10.6 Å². The van der Waals surface area contributed by atoms with Crippen LogP contribution in [-0.2, 0) is 0 Å². The van der Waals surface area contributed by atoms with Crippen LogP contribution in [-0.4, -0.2) is 11.5 Å². The van der Waals surface area contributed by atoms with Crippen LogP contribution in [0, 0.1) is 5.82 Å². The van der Waals surface area contributed by atoms with Gasteiger partial charge in [0.15, 0.2) is 0 Å². The number of nitrogens with zero attached hydrogens (tertiary/aromatic N) is 2. The van der Waals surface area contributed by atoms with Gasteiger partial charge >= 0.3 is 0 Å². The number of aromatic nitrogens is 1. The molecule has 0 aliphatic carbocycles. The zero-order chi connectivity index (χ0) is 12.3. The van der Waals surface area contributed by atoms with Gasteiger partial charge in [-0.15, -0.1) is 0 Å². The van der Waals surface area contributed by atoms with Crippen molar-refractivity contribution in [2.75, 3.05) is 17.2 Å². The van der Waals surface area contributed by atoms with Crippen LogP contribution in [0.1, 0.15) is 6.92 Å². The molecule has 4 heteroatoms. The average Bonchev–Trinajstić information content (AvgIpc) is 2.33. The lowest BCUT2D eigenvalue weighted by atomic mass is 10.2. The van der Waals surface area contributed by atoms with Crippen molar-refractivity contribution in [3.63, 3.8) is 0 Å². The number of nitrogen functional groups attached to an aromatic ring is 1. The molecular formula is C13H14FN3. The summed E-state index contributed by atoms with van der Waals surface area (Å²) in [4.78, 5) is 6.23. The second kappa shape index (κ2) is 4.82. The highest BCUT2D eigenvalue weighted by Crippen LogP contribution is 2.24. The summed E-state index contributed by atoms with van der Waals surface area (Å²) in [6.45, 7) is 2.75. The highest BCUT2D eigenvalue weighted by Gasteiger charge is 2.08. The molecule has 0 spiro atoms. The lowest BCUT2D eigenvalue weighted by molar-refractivity contribution is 0.628. The van der Waals surface area contributed by atoms with Crippen LogP contribution in [0.5, 0.6) is 0 Å². The Balaban J connectivity index is 2.36. The van der Waals surface area contributed by atoms with Gasteiger partial charge in [-0.05, 0) is 37.3 Å². The van der Waals surface area contributed by atoms with Gasteiger partial charge in [0.2, 0.25) is 0 Å². The number of hydrogen-bond acceptors (Lipinski definition) is 3. The molecule has 0 radical (unpaired) electrons. The fourth-order valence-corrected chi connectivity index (χ4v) is 1.68.